The molecule has 0 aliphatic rings. The van der Waals surface area contributed by atoms with Crippen LogP contribution in [-0.4, -0.2) is 21.4 Å². The van der Waals surface area contributed by atoms with E-state index in [1.54, 1.807) is 22.6 Å². The van der Waals surface area contributed by atoms with E-state index in [-0.39, 0.29) is 5.91 Å². The maximum atomic E-state index is 10.7. The summed E-state index contributed by atoms with van der Waals surface area (Å²) in [5, 5.41) is 4.01. The molecule has 1 aromatic heterocycles. The molecule has 0 saturated carbocycles. The van der Waals surface area contributed by atoms with Gasteiger partial charge in [0.15, 0.2) is 0 Å². The first-order chi connectivity index (χ1) is 6.22. The fourth-order valence-corrected chi connectivity index (χ4v) is 1.68. The number of nitrogens with zero attached hydrogens (tertiary/aromatic N) is 2. The van der Waals surface area contributed by atoms with E-state index >= 15 is 0 Å². The van der Waals surface area contributed by atoms with Gasteiger partial charge in [0.2, 0.25) is 5.91 Å². The van der Waals surface area contributed by atoms with Crippen molar-refractivity contribution in [1.82, 2.24) is 15.2 Å². The summed E-state index contributed by atoms with van der Waals surface area (Å²) in [6.45, 7) is 0. The van der Waals surface area contributed by atoms with Crippen molar-refractivity contribution in [3.63, 3.8) is 0 Å². The smallest absolute Gasteiger partial charge is 0.234 e. The number of nitrogens with two attached hydrogens (primary N) is 1. The third kappa shape index (κ3) is 3.47. The van der Waals surface area contributed by atoms with E-state index in [1.807, 2.05) is 13.2 Å². The number of hydrogen-bond donors (Lipinski definition) is 2. The molecule has 1 heterocycles. The van der Waals surface area contributed by atoms with Gasteiger partial charge in [-0.2, -0.15) is 5.10 Å². The second kappa shape index (κ2) is 4.88. The molecule has 6 heteroatoms. The maximum absolute atomic E-state index is 10.7. The zero-order valence-electron chi connectivity index (χ0n) is 7.36. The zero-order valence-corrected chi connectivity index (χ0v) is 8.17. The van der Waals surface area contributed by atoms with Crippen molar-refractivity contribution in [3.8, 4) is 0 Å². The van der Waals surface area contributed by atoms with Gasteiger partial charge in [0.25, 0.3) is 0 Å². The number of hydrazine groups is 1. The Labute approximate surface area is 80.6 Å². The minimum absolute atomic E-state index is 0.142. The van der Waals surface area contributed by atoms with Crippen molar-refractivity contribution in [2.75, 3.05) is 5.75 Å². The van der Waals surface area contributed by atoms with Crippen LogP contribution in [0.1, 0.15) is 6.42 Å². The molecule has 72 valence electrons. The fourth-order valence-electron chi connectivity index (χ4n) is 0.807. The predicted octanol–water partition coefficient (Wildman–Crippen LogP) is -0.108. The summed E-state index contributed by atoms with van der Waals surface area (Å²) >= 11 is 1.59. The molecule has 0 aromatic carbocycles. The number of hydrogen-bond acceptors (Lipinski definition) is 4. The lowest BCUT2D eigenvalue weighted by Crippen LogP contribution is -2.30. The van der Waals surface area contributed by atoms with Gasteiger partial charge in [-0.1, -0.05) is 0 Å². The first-order valence-corrected chi connectivity index (χ1v) is 4.82. The summed E-state index contributed by atoms with van der Waals surface area (Å²) in [6.07, 6.45) is 4.10. The van der Waals surface area contributed by atoms with Crippen LogP contribution in [-0.2, 0) is 11.8 Å². The minimum atomic E-state index is -0.142. The van der Waals surface area contributed by atoms with Crippen LogP contribution >= 0.6 is 11.8 Å². The van der Waals surface area contributed by atoms with Crippen LogP contribution in [0.15, 0.2) is 17.3 Å². The van der Waals surface area contributed by atoms with Crippen molar-refractivity contribution in [3.05, 3.63) is 12.4 Å². The van der Waals surface area contributed by atoms with E-state index in [1.165, 1.54) is 0 Å². The van der Waals surface area contributed by atoms with Crippen LogP contribution < -0.4 is 11.3 Å². The quantitative estimate of drug-likeness (QED) is 0.308. The molecule has 5 nitrogen and oxygen atoms in total. The molecule has 3 N–H and O–H groups in total. The second-order valence-corrected chi connectivity index (χ2v) is 3.68. The van der Waals surface area contributed by atoms with Gasteiger partial charge < -0.3 is 0 Å². The van der Waals surface area contributed by atoms with Gasteiger partial charge >= 0.3 is 0 Å². The Morgan fingerprint density at radius 1 is 1.85 bits per heavy atom. The third-order valence-electron chi connectivity index (χ3n) is 1.44. The summed E-state index contributed by atoms with van der Waals surface area (Å²) < 4.78 is 1.73. The van der Waals surface area contributed by atoms with E-state index in [9.17, 15) is 4.79 Å². The molecule has 0 unspecified atom stereocenters. The molecular weight excluding hydrogens is 188 g/mol. The van der Waals surface area contributed by atoms with E-state index in [0.717, 1.165) is 4.90 Å². The van der Waals surface area contributed by atoms with E-state index in [4.69, 9.17) is 5.84 Å². The standard InChI is InChI=1S/C7H12N4OS/c1-11-5-6(4-9-11)13-3-2-7(12)10-8/h4-5H,2-3,8H2,1H3,(H,10,12). The highest BCUT2D eigenvalue weighted by molar-refractivity contribution is 7.99. The third-order valence-corrected chi connectivity index (χ3v) is 2.39. The summed E-state index contributed by atoms with van der Waals surface area (Å²) in [5.74, 6) is 5.51. The van der Waals surface area contributed by atoms with Crippen LogP contribution in [0.4, 0.5) is 0 Å². The predicted molar refractivity (Wildman–Crippen MR) is 50.9 cm³/mol. The van der Waals surface area contributed by atoms with Crippen molar-refractivity contribution >= 4 is 17.7 Å². The molecule has 0 aliphatic heterocycles. The Kier molecular flexibility index (Phi) is 3.78. The molecule has 1 amide bonds. The number of amides is 1. The van der Waals surface area contributed by atoms with Crippen LogP contribution in [0, 0.1) is 0 Å². The van der Waals surface area contributed by atoms with Crippen molar-refractivity contribution in [2.45, 2.75) is 11.3 Å². The average Bonchev–Trinajstić information content (AvgIpc) is 2.51. The molecule has 0 atom stereocenters. The highest BCUT2D eigenvalue weighted by Gasteiger charge is 2.00. The number of nitrogens with one attached hydrogen (secondary N) is 1. The van der Waals surface area contributed by atoms with Gasteiger partial charge in [0.05, 0.1) is 6.20 Å². The lowest BCUT2D eigenvalue weighted by molar-refractivity contribution is -0.120. The lowest BCUT2D eigenvalue weighted by Gasteiger charge is -1.97. The summed E-state index contributed by atoms with van der Waals surface area (Å²) in [5.41, 5.74) is 2.08. The van der Waals surface area contributed by atoms with Gasteiger partial charge in [-0.15, -0.1) is 11.8 Å². The highest BCUT2D eigenvalue weighted by Crippen LogP contribution is 2.16. The fraction of sp³-hybridized carbons (Fsp3) is 0.429. The lowest BCUT2D eigenvalue weighted by atomic mass is 10.5. The normalized spacial score (nSPS) is 10.0. The molecule has 0 radical (unpaired) electrons. The van der Waals surface area contributed by atoms with Crippen LogP contribution in [0.25, 0.3) is 0 Å². The van der Waals surface area contributed by atoms with E-state index in [0.29, 0.717) is 12.2 Å². The monoisotopic (exact) mass is 200 g/mol. The molecule has 0 spiro atoms. The van der Waals surface area contributed by atoms with Crippen molar-refractivity contribution in [2.24, 2.45) is 12.9 Å². The van der Waals surface area contributed by atoms with Gasteiger partial charge in [0, 0.05) is 30.3 Å². The van der Waals surface area contributed by atoms with Crippen LogP contribution in [0.3, 0.4) is 0 Å². The largest absolute Gasteiger partial charge is 0.294 e. The summed E-state index contributed by atoms with van der Waals surface area (Å²) in [6, 6.07) is 0. The van der Waals surface area contributed by atoms with Gasteiger partial charge in [-0.05, 0) is 0 Å². The number of carbonyl (C=O) groups excluding carboxylic acids is 1. The average molecular weight is 200 g/mol. The number of aryl methyl sites for hydroxylation is 1. The van der Waals surface area contributed by atoms with Gasteiger partial charge in [-0.25, -0.2) is 5.84 Å². The summed E-state index contributed by atoms with van der Waals surface area (Å²) in [4.78, 5) is 11.8. The molecule has 0 fully saturated rings. The molecule has 13 heavy (non-hydrogen) atoms. The maximum Gasteiger partial charge on any atom is 0.234 e. The Morgan fingerprint density at radius 2 is 2.62 bits per heavy atom. The number of aromatic nitrogens is 2. The second-order valence-electron chi connectivity index (χ2n) is 2.52. The summed E-state index contributed by atoms with van der Waals surface area (Å²) in [7, 11) is 1.86. The Morgan fingerprint density at radius 3 is 3.15 bits per heavy atom. The van der Waals surface area contributed by atoms with Crippen LogP contribution in [0.2, 0.25) is 0 Å². The molecule has 1 rings (SSSR count). The Hall–Kier alpha value is -1.01. The van der Waals surface area contributed by atoms with E-state index < -0.39 is 0 Å². The molecule has 0 aliphatic carbocycles. The van der Waals surface area contributed by atoms with Crippen molar-refractivity contribution < 1.29 is 4.79 Å². The Bertz CT molecular complexity index is 286. The highest BCUT2D eigenvalue weighted by atomic mass is 32.2. The zero-order chi connectivity index (χ0) is 9.68. The van der Waals surface area contributed by atoms with E-state index in [2.05, 4.69) is 10.5 Å². The topological polar surface area (TPSA) is 72.9 Å². The number of rotatable bonds is 4. The SMILES string of the molecule is Cn1cc(SCCC(=O)NN)cn1. The van der Waals surface area contributed by atoms with Crippen molar-refractivity contribution in [1.29, 1.82) is 0 Å². The van der Waals surface area contributed by atoms with Crippen LogP contribution in [0.5, 0.6) is 0 Å². The molecule has 0 saturated heterocycles. The first-order valence-electron chi connectivity index (χ1n) is 3.83. The number of carbonyl (C=O) groups is 1. The van der Waals surface area contributed by atoms with Gasteiger partial charge in [-0.3, -0.25) is 14.9 Å². The minimum Gasteiger partial charge on any atom is -0.294 e. The Balaban J connectivity index is 2.24. The molecular formula is C7H12N4OS. The first kappa shape index (κ1) is 10.1. The number of thioether (sulfide) groups is 1. The molecule has 0 bridgehead atoms. The van der Waals surface area contributed by atoms with Gasteiger partial charge in [0.1, 0.15) is 0 Å². The molecule has 1 aromatic rings.